The largest absolute Gasteiger partial charge is 0.384 e. The molecule has 4 aromatic carbocycles. The molecule has 0 radical (unpaired) electrons. The highest BCUT2D eigenvalue weighted by Crippen LogP contribution is 2.42. The minimum atomic E-state index is -0.561. The predicted molar refractivity (Wildman–Crippen MR) is 171 cm³/mol. The lowest BCUT2D eigenvalue weighted by Gasteiger charge is -2.14. The third-order valence-electron chi connectivity index (χ3n) is 6.13. The monoisotopic (exact) mass is 638 g/mol. The van der Waals surface area contributed by atoms with Crippen molar-refractivity contribution < 1.29 is 5.11 Å². The Bertz CT molecular complexity index is 1310. The van der Waals surface area contributed by atoms with Crippen LogP contribution in [0.1, 0.15) is 78.3 Å². The highest BCUT2D eigenvalue weighted by molar-refractivity contribution is 9.15. The molecule has 2 aliphatic rings. The van der Waals surface area contributed by atoms with Crippen molar-refractivity contribution in [1.29, 1.82) is 0 Å². The maximum Gasteiger partial charge on any atom is 0.105 e. The topological polar surface area (TPSA) is 20.2 Å². The molecule has 2 unspecified atom stereocenters. The Morgan fingerprint density at radius 3 is 1.46 bits per heavy atom. The molecule has 0 aromatic heterocycles. The predicted octanol–water partition coefficient (Wildman–Crippen LogP) is 11.1. The van der Waals surface area contributed by atoms with E-state index in [9.17, 15) is 5.11 Å². The first kappa shape index (κ1) is 30.8. The van der Waals surface area contributed by atoms with Crippen LogP contribution in [-0.4, -0.2) is 5.11 Å². The minimum absolute atomic E-state index is 0. The Balaban J connectivity index is 0.000000241. The van der Waals surface area contributed by atoms with E-state index in [1.54, 1.807) is 0 Å². The molecule has 0 saturated carbocycles. The normalized spacial score (nSPS) is 16.3. The highest BCUT2D eigenvalue weighted by Gasteiger charge is 2.22. The van der Waals surface area contributed by atoms with Crippen LogP contribution in [0.3, 0.4) is 0 Å². The summed E-state index contributed by atoms with van der Waals surface area (Å²) in [6, 6.07) is 32.4. The van der Waals surface area contributed by atoms with Crippen molar-refractivity contribution in [1.82, 2.24) is 0 Å². The lowest BCUT2D eigenvalue weighted by atomic mass is 9.97. The van der Waals surface area contributed by atoms with Gasteiger partial charge in [-0.05, 0) is 56.7 Å². The molecule has 0 fully saturated rings. The van der Waals surface area contributed by atoms with Crippen molar-refractivity contribution in [3.8, 4) is 0 Å². The summed E-state index contributed by atoms with van der Waals surface area (Å²) >= 11 is 13.8. The summed E-state index contributed by atoms with van der Waals surface area (Å²) in [5.74, 6) is 0. The third kappa shape index (κ3) is 6.18. The van der Waals surface area contributed by atoms with Crippen LogP contribution in [0.15, 0.2) is 97.1 Å². The summed E-state index contributed by atoms with van der Waals surface area (Å²) in [6.45, 7) is 0. The molecule has 2 aliphatic carbocycles. The van der Waals surface area contributed by atoms with Gasteiger partial charge < -0.3 is 5.11 Å². The molecule has 0 spiro atoms. The van der Waals surface area contributed by atoms with Crippen LogP contribution < -0.4 is 0 Å². The van der Waals surface area contributed by atoms with E-state index in [0.29, 0.717) is 0 Å². The van der Waals surface area contributed by atoms with E-state index in [2.05, 4.69) is 68.3 Å². The van der Waals surface area contributed by atoms with Gasteiger partial charge in [-0.3, -0.25) is 0 Å². The molecule has 0 saturated heterocycles. The van der Waals surface area contributed by atoms with E-state index in [1.165, 1.54) is 11.1 Å². The second-order valence-corrected chi connectivity index (χ2v) is 10.3. The highest BCUT2D eigenvalue weighted by atomic mass is 79.9. The van der Waals surface area contributed by atoms with Gasteiger partial charge in [0.2, 0.25) is 0 Å². The quantitative estimate of drug-likeness (QED) is 0.190. The van der Waals surface area contributed by atoms with Crippen molar-refractivity contribution in [3.05, 3.63) is 142 Å². The number of hydrogen-bond donors (Lipinski definition) is 1. The van der Waals surface area contributed by atoms with Crippen molar-refractivity contribution in [2.45, 2.75) is 33.8 Å². The zero-order valence-electron chi connectivity index (χ0n) is 18.1. The van der Waals surface area contributed by atoms with E-state index >= 15 is 0 Å². The smallest absolute Gasteiger partial charge is 0.105 e. The molecule has 6 rings (SSSR count). The summed E-state index contributed by atoms with van der Waals surface area (Å²) < 4.78 is 2.10. The number of fused-ring (bicyclic) bond motifs is 4. The zero-order chi connectivity index (χ0) is 23.7. The molecule has 0 bridgehead atoms. The average molecular weight is 641 g/mol. The Hall–Kier alpha value is -2.43. The summed E-state index contributed by atoms with van der Waals surface area (Å²) in [5.41, 5.74) is 8.67. The van der Waals surface area contributed by atoms with Gasteiger partial charge in [0.05, 0.1) is 5.38 Å². The summed E-state index contributed by atoms with van der Waals surface area (Å²) in [5, 5.41) is 10.4. The molecule has 1 N–H and O–H groups in total. The second-order valence-electron chi connectivity index (χ2n) is 8.18. The molecule has 4 aromatic rings. The lowest BCUT2D eigenvalue weighted by Crippen LogP contribution is -2.02. The molecule has 192 valence electrons. The molecule has 0 aliphatic heterocycles. The minimum Gasteiger partial charge on any atom is -0.384 e. The lowest BCUT2D eigenvalue weighted by molar-refractivity contribution is 0.220. The SMILES string of the molecule is C.C.C.ClC1c2ccccc2C=C(Br)c2ccccc21.OC1c2ccccc2C=C(Br)c2ccccc21. The Kier molecular flexibility index (Phi) is 11.1. The van der Waals surface area contributed by atoms with Crippen LogP contribution in [-0.2, 0) is 0 Å². The second kappa shape index (κ2) is 13.4. The van der Waals surface area contributed by atoms with Gasteiger partial charge in [0.25, 0.3) is 0 Å². The van der Waals surface area contributed by atoms with Crippen LogP contribution >= 0.6 is 43.5 Å². The summed E-state index contributed by atoms with van der Waals surface area (Å²) in [6.07, 6.45) is 3.63. The van der Waals surface area contributed by atoms with Crippen molar-refractivity contribution in [3.63, 3.8) is 0 Å². The Morgan fingerprint density at radius 1 is 0.514 bits per heavy atom. The maximum absolute atomic E-state index is 10.5. The standard InChI is InChI=1S/C15H10BrCl.C15H11BrO.3CH4/c2*16-14-9-10-5-1-2-6-11(10)15(17)13-8-4-3-7-12(13)14;;;/h1-9,15H;1-9,15,17H;3*1H4. The van der Waals surface area contributed by atoms with Gasteiger partial charge in [0, 0.05) is 8.96 Å². The fourth-order valence-electron chi connectivity index (χ4n) is 4.42. The van der Waals surface area contributed by atoms with E-state index in [4.69, 9.17) is 11.6 Å². The first-order chi connectivity index (χ1) is 16.5. The molecular weight excluding hydrogens is 608 g/mol. The number of benzene rings is 4. The number of hydrogen-bond acceptors (Lipinski definition) is 1. The van der Waals surface area contributed by atoms with Crippen LogP contribution in [0.25, 0.3) is 21.1 Å². The van der Waals surface area contributed by atoms with Gasteiger partial charge in [0.1, 0.15) is 6.10 Å². The molecule has 0 heterocycles. The first-order valence-corrected chi connectivity index (χ1v) is 13.0. The molecule has 0 amide bonds. The van der Waals surface area contributed by atoms with E-state index in [0.717, 1.165) is 42.3 Å². The van der Waals surface area contributed by atoms with E-state index in [1.807, 2.05) is 72.8 Å². The van der Waals surface area contributed by atoms with E-state index < -0.39 is 6.10 Å². The van der Waals surface area contributed by atoms with Gasteiger partial charge in [-0.1, -0.05) is 151 Å². The van der Waals surface area contributed by atoms with Crippen LogP contribution in [0.2, 0.25) is 0 Å². The van der Waals surface area contributed by atoms with Gasteiger partial charge in [-0.2, -0.15) is 0 Å². The van der Waals surface area contributed by atoms with Crippen LogP contribution in [0, 0.1) is 0 Å². The number of alkyl halides is 1. The number of rotatable bonds is 0. The van der Waals surface area contributed by atoms with Gasteiger partial charge in [-0.15, -0.1) is 11.6 Å². The van der Waals surface area contributed by atoms with E-state index in [-0.39, 0.29) is 27.7 Å². The van der Waals surface area contributed by atoms with Crippen LogP contribution in [0.5, 0.6) is 0 Å². The fourth-order valence-corrected chi connectivity index (χ4v) is 6.02. The summed E-state index contributed by atoms with van der Waals surface area (Å²) in [4.78, 5) is 0. The third-order valence-corrected chi connectivity index (χ3v) is 7.91. The number of halogens is 3. The maximum atomic E-state index is 10.5. The zero-order valence-corrected chi connectivity index (χ0v) is 22.1. The van der Waals surface area contributed by atoms with Gasteiger partial charge >= 0.3 is 0 Å². The fraction of sp³-hybridized carbons (Fsp3) is 0.152. The Labute approximate surface area is 243 Å². The summed E-state index contributed by atoms with van der Waals surface area (Å²) in [7, 11) is 0. The van der Waals surface area contributed by atoms with Crippen molar-refractivity contribution in [2.75, 3.05) is 0 Å². The first-order valence-electron chi connectivity index (χ1n) is 11.0. The molecule has 37 heavy (non-hydrogen) atoms. The van der Waals surface area contributed by atoms with Crippen LogP contribution in [0.4, 0.5) is 0 Å². The van der Waals surface area contributed by atoms with Gasteiger partial charge in [-0.25, -0.2) is 0 Å². The number of aliphatic hydroxyl groups is 1. The van der Waals surface area contributed by atoms with Crippen molar-refractivity contribution in [2.24, 2.45) is 0 Å². The average Bonchev–Trinajstić information content (AvgIpc) is 3.06. The van der Waals surface area contributed by atoms with Gasteiger partial charge in [0.15, 0.2) is 0 Å². The molecule has 4 heteroatoms. The number of aliphatic hydroxyl groups excluding tert-OH is 1. The Morgan fingerprint density at radius 2 is 0.892 bits per heavy atom. The molecule has 1 nitrogen and oxygen atoms in total. The molecular formula is C33H33Br2ClO. The van der Waals surface area contributed by atoms with Crippen molar-refractivity contribution >= 4 is 64.6 Å². The molecule has 2 atom stereocenters.